The summed E-state index contributed by atoms with van der Waals surface area (Å²) in [6.45, 7) is 3.96. The van der Waals surface area contributed by atoms with Crippen LogP contribution in [0.2, 0.25) is 0 Å². The second-order valence-corrected chi connectivity index (χ2v) is 8.07. The smallest absolute Gasteiger partial charge is 0.746 e. The van der Waals surface area contributed by atoms with E-state index in [0.29, 0.717) is 12.8 Å². The van der Waals surface area contributed by atoms with Crippen LogP contribution >= 0.6 is 15.6 Å². The van der Waals surface area contributed by atoms with Crippen LogP contribution in [0.15, 0.2) is 48.5 Å². The Kier molecular flexibility index (Phi) is 13.0. The molecule has 2 unspecified atom stereocenters. The average molecular weight is 472 g/mol. The minimum absolute atomic E-state index is 0. The van der Waals surface area contributed by atoms with E-state index in [4.69, 9.17) is 9.79 Å². The Labute approximate surface area is 219 Å². The molecule has 0 aliphatic heterocycles. The zero-order valence-corrected chi connectivity index (χ0v) is 23.1. The molecular formula is C18H20Na2O8P2. The Morgan fingerprint density at radius 2 is 1.00 bits per heavy atom. The molecule has 152 valence electrons. The van der Waals surface area contributed by atoms with Gasteiger partial charge in [0.1, 0.15) is 11.5 Å². The summed E-state index contributed by atoms with van der Waals surface area (Å²) in [4.78, 5) is 39.2. The Bertz CT molecular complexity index is 856. The third-order valence-corrected chi connectivity index (χ3v) is 4.80. The van der Waals surface area contributed by atoms with E-state index >= 15 is 0 Å². The van der Waals surface area contributed by atoms with E-state index in [2.05, 4.69) is 9.05 Å². The van der Waals surface area contributed by atoms with E-state index < -0.39 is 15.6 Å². The summed E-state index contributed by atoms with van der Waals surface area (Å²) in [5, 5.41) is 0. The number of hydrogen-bond acceptors (Lipinski definition) is 6. The number of phosphoric ester groups is 2. The van der Waals surface area contributed by atoms with Gasteiger partial charge in [0, 0.05) is 0 Å². The van der Waals surface area contributed by atoms with Crippen molar-refractivity contribution in [1.82, 2.24) is 0 Å². The maximum atomic E-state index is 10.8. The van der Waals surface area contributed by atoms with Gasteiger partial charge >= 0.3 is 74.8 Å². The molecule has 8 nitrogen and oxygen atoms in total. The number of phosphoric acid groups is 2. The zero-order chi connectivity index (χ0) is 20.9. The molecule has 0 aliphatic carbocycles. The SMILES string of the molecule is CC/C(=C(\CC)c1ccc(OP(=O)([O-])O)cc1)c1ccc(OP(=O)([O-])O)cc1.[Na+].[Na+]. The molecule has 0 fully saturated rings. The van der Waals surface area contributed by atoms with E-state index in [1.165, 1.54) is 24.3 Å². The van der Waals surface area contributed by atoms with Crippen LogP contribution in [-0.4, -0.2) is 9.79 Å². The van der Waals surface area contributed by atoms with Crippen LogP contribution in [0.3, 0.4) is 0 Å². The molecular weight excluding hydrogens is 452 g/mol. The molecule has 30 heavy (non-hydrogen) atoms. The first kappa shape index (κ1) is 30.1. The van der Waals surface area contributed by atoms with Crippen LogP contribution < -0.4 is 77.9 Å². The van der Waals surface area contributed by atoms with Crippen LogP contribution in [0.5, 0.6) is 11.5 Å². The van der Waals surface area contributed by atoms with Crippen molar-refractivity contribution in [3.8, 4) is 11.5 Å². The molecule has 0 amide bonds. The van der Waals surface area contributed by atoms with Crippen molar-refractivity contribution in [2.24, 2.45) is 0 Å². The van der Waals surface area contributed by atoms with Gasteiger partial charge in [-0.2, -0.15) is 0 Å². The predicted octanol–water partition coefficient (Wildman–Crippen LogP) is -2.90. The standard InChI is InChI=1S/C18H22O8P2.2Na/c1-3-17(13-5-9-15(10-6-13)25-27(19,20)21)18(4-2)14-7-11-16(12-8-14)26-28(22,23)24;;/h5-12H,3-4H2,1-2H3,(H2,19,20,21)(H2,22,23,24);;/q;2*+1/p-2/b18-17-;;. The van der Waals surface area contributed by atoms with Gasteiger partial charge in [0.25, 0.3) is 0 Å². The fourth-order valence-electron chi connectivity index (χ4n) is 2.88. The quantitative estimate of drug-likeness (QED) is 0.237. The molecule has 2 aromatic rings. The van der Waals surface area contributed by atoms with E-state index in [1.807, 2.05) is 13.8 Å². The summed E-state index contributed by atoms with van der Waals surface area (Å²) < 4.78 is 30.5. The molecule has 0 saturated heterocycles. The number of benzene rings is 2. The van der Waals surface area contributed by atoms with Gasteiger partial charge in [-0.3, -0.25) is 9.13 Å². The monoisotopic (exact) mass is 472 g/mol. The summed E-state index contributed by atoms with van der Waals surface area (Å²) in [7, 11) is -9.72. The van der Waals surface area contributed by atoms with Crippen molar-refractivity contribution < 1.29 is 96.9 Å². The fourth-order valence-corrected chi connectivity index (χ4v) is 3.66. The van der Waals surface area contributed by atoms with Crippen molar-refractivity contribution in [3.05, 3.63) is 59.7 Å². The molecule has 0 bridgehead atoms. The Hall–Kier alpha value is 0.0800. The number of hydrogen-bond donors (Lipinski definition) is 2. The molecule has 2 rings (SSSR count). The van der Waals surface area contributed by atoms with Crippen LogP contribution in [0, 0.1) is 0 Å². The maximum absolute atomic E-state index is 10.8. The summed E-state index contributed by atoms with van der Waals surface area (Å²) >= 11 is 0. The van der Waals surface area contributed by atoms with E-state index in [-0.39, 0.29) is 70.6 Å². The topological polar surface area (TPSA) is 139 Å². The summed E-state index contributed by atoms with van der Waals surface area (Å²) in [6, 6.07) is 12.6. The van der Waals surface area contributed by atoms with Gasteiger partial charge in [-0.05, 0) is 59.4 Å². The van der Waals surface area contributed by atoms with E-state index in [9.17, 15) is 18.9 Å². The minimum Gasteiger partial charge on any atom is -0.746 e. The zero-order valence-electron chi connectivity index (χ0n) is 17.3. The molecule has 0 saturated carbocycles. The molecule has 0 aliphatic rings. The molecule has 2 N–H and O–H groups in total. The second-order valence-electron chi connectivity index (χ2n) is 5.83. The van der Waals surface area contributed by atoms with Gasteiger partial charge in [-0.1, -0.05) is 38.1 Å². The Morgan fingerprint density at radius 1 is 0.733 bits per heavy atom. The van der Waals surface area contributed by atoms with Crippen LogP contribution in [0.1, 0.15) is 37.8 Å². The molecule has 2 atom stereocenters. The Balaban J connectivity index is 0.00000420. The first-order valence-corrected chi connectivity index (χ1v) is 11.4. The second kappa shape index (κ2) is 12.9. The normalized spacial score (nSPS) is 15.4. The average Bonchev–Trinajstić information content (AvgIpc) is 2.59. The Morgan fingerprint density at radius 3 is 1.20 bits per heavy atom. The van der Waals surface area contributed by atoms with Crippen LogP contribution in [0.25, 0.3) is 11.1 Å². The van der Waals surface area contributed by atoms with Gasteiger partial charge in [0.15, 0.2) is 0 Å². The molecule has 0 heterocycles. The summed E-state index contributed by atoms with van der Waals surface area (Å²) in [5.74, 6) is 0.0104. The molecule has 0 radical (unpaired) electrons. The van der Waals surface area contributed by atoms with Gasteiger partial charge in [-0.25, -0.2) is 0 Å². The number of allylic oxidation sites excluding steroid dienone is 2. The predicted molar refractivity (Wildman–Crippen MR) is 101 cm³/mol. The molecule has 12 heteroatoms. The van der Waals surface area contributed by atoms with Crippen molar-refractivity contribution >= 4 is 26.8 Å². The van der Waals surface area contributed by atoms with Gasteiger partial charge in [0.05, 0.1) is 0 Å². The van der Waals surface area contributed by atoms with Gasteiger partial charge in [0.2, 0.25) is 0 Å². The van der Waals surface area contributed by atoms with E-state index in [1.54, 1.807) is 24.3 Å². The van der Waals surface area contributed by atoms with Crippen LogP contribution in [0.4, 0.5) is 0 Å². The first-order valence-electron chi connectivity index (χ1n) is 8.42. The molecule has 0 spiro atoms. The fraction of sp³-hybridized carbons (Fsp3) is 0.222. The van der Waals surface area contributed by atoms with Crippen LogP contribution in [-0.2, 0) is 9.13 Å². The van der Waals surface area contributed by atoms with Crippen molar-refractivity contribution in [3.63, 3.8) is 0 Å². The third-order valence-electron chi connectivity index (χ3n) is 3.92. The third kappa shape index (κ3) is 9.70. The molecule has 0 aromatic heterocycles. The van der Waals surface area contributed by atoms with Gasteiger partial charge in [-0.15, -0.1) is 0 Å². The summed E-state index contributed by atoms with van der Waals surface area (Å²) in [6.07, 6.45) is 1.38. The molecule has 2 aromatic carbocycles. The van der Waals surface area contributed by atoms with Gasteiger partial charge < -0.3 is 28.6 Å². The van der Waals surface area contributed by atoms with Crippen molar-refractivity contribution in [1.29, 1.82) is 0 Å². The summed E-state index contributed by atoms with van der Waals surface area (Å²) in [5.41, 5.74) is 3.72. The largest absolute Gasteiger partial charge is 1.00 e. The van der Waals surface area contributed by atoms with E-state index in [0.717, 1.165) is 22.3 Å². The van der Waals surface area contributed by atoms with Crippen molar-refractivity contribution in [2.75, 3.05) is 0 Å². The minimum atomic E-state index is -4.86. The first-order chi connectivity index (χ1) is 13.0. The number of rotatable bonds is 8. The van der Waals surface area contributed by atoms with Crippen molar-refractivity contribution in [2.45, 2.75) is 26.7 Å². The maximum Gasteiger partial charge on any atom is 1.00 e.